The van der Waals surface area contributed by atoms with Gasteiger partial charge in [0.25, 0.3) is 0 Å². The van der Waals surface area contributed by atoms with Gasteiger partial charge in [-0.05, 0) is 44.0 Å². The molecule has 0 N–H and O–H groups in total. The summed E-state index contributed by atoms with van der Waals surface area (Å²) >= 11 is 0. The van der Waals surface area contributed by atoms with Crippen molar-refractivity contribution in [2.75, 3.05) is 6.54 Å². The largest absolute Gasteiger partial charge is 0.209 e. The van der Waals surface area contributed by atoms with E-state index in [0.29, 0.717) is 0 Å². The zero-order valence-electron chi connectivity index (χ0n) is 12.8. The van der Waals surface area contributed by atoms with E-state index in [9.17, 15) is 0 Å². The average molecular weight is 264 g/mol. The van der Waals surface area contributed by atoms with Crippen LogP contribution >= 0.6 is 0 Å². The molecule has 0 amide bonds. The molecule has 2 aromatic carbocycles. The Kier molecular flexibility index (Phi) is 3.01. The molecule has 0 fully saturated rings. The predicted octanol–water partition coefficient (Wildman–Crippen LogP) is 4.77. The standard InChI is InChI=1S/C19H22N/c1-5-20-14(2)19(3,4)17-13-16(11-12-18(17)20)15-9-7-6-8-10-15/h6-13H,5H2,1-4H3/q+1. The van der Waals surface area contributed by atoms with Gasteiger partial charge in [-0.1, -0.05) is 30.3 Å². The lowest BCUT2D eigenvalue weighted by molar-refractivity contribution is -0.434. The van der Waals surface area contributed by atoms with E-state index in [0.717, 1.165) is 6.54 Å². The van der Waals surface area contributed by atoms with Gasteiger partial charge in [-0.2, -0.15) is 4.58 Å². The second kappa shape index (κ2) is 4.59. The SMILES string of the molecule is CC[N+]1=C(C)C(C)(C)c2cc(-c3ccccc3)ccc21. The normalized spacial score (nSPS) is 16.4. The van der Waals surface area contributed by atoms with Crippen LogP contribution in [0.15, 0.2) is 48.5 Å². The maximum Gasteiger partial charge on any atom is 0.209 e. The summed E-state index contributed by atoms with van der Waals surface area (Å²) in [6.45, 7) is 10.2. The minimum Gasteiger partial charge on any atom is -0.199 e. The Morgan fingerprint density at radius 3 is 2.30 bits per heavy atom. The Bertz CT molecular complexity index is 678. The molecule has 0 unspecified atom stereocenters. The van der Waals surface area contributed by atoms with Gasteiger partial charge in [-0.25, -0.2) is 0 Å². The van der Waals surface area contributed by atoms with E-state index in [1.165, 1.54) is 28.1 Å². The summed E-state index contributed by atoms with van der Waals surface area (Å²) in [5.74, 6) is 0. The summed E-state index contributed by atoms with van der Waals surface area (Å²) in [7, 11) is 0. The number of hydrogen-bond donors (Lipinski definition) is 0. The third kappa shape index (κ3) is 1.81. The molecule has 0 radical (unpaired) electrons. The molecular formula is C19H22N+. The van der Waals surface area contributed by atoms with Gasteiger partial charge >= 0.3 is 0 Å². The Morgan fingerprint density at radius 2 is 1.65 bits per heavy atom. The lowest BCUT2D eigenvalue weighted by Gasteiger charge is -2.15. The molecular weight excluding hydrogens is 242 g/mol. The molecule has 0 bridgehead atoms. The van der Waals surface area contributed by atoms with Crippen molar-refractivity contribution in [3.63, 3.8) is 0 Å². The molecule has 20 heavy (non-hydrogen) atoms. The molecule has 1 nitrogen and oxygen atoms in total. The number of fused-ring (bicyclic) bond motifs is 1. The molecule has 3 rings (SSSR count). The smallest absolute Gasteiger partial charge is 0.199 e. The van der Waals surface area contributed by atoms with E-state index < -0.39 is 0 Å². The summed E-state index contributed by atoms with van der Waals surface area (Å²) in [4.78, 5) is 0. The molecule has 1 heteroatoms. The van der Waals surface area contributed by atoms with E-state index in [-0.39, 0.29) is 5.41 Å². The van der Waals surface area contributed by atoms with Crippen LogP contribution in [0.1, 0.15) is 33.3 Å². The van der Waals surface area contributed by atoms with Gasteiger partial charge in [0.15, 0.2) is 5.71 Å². The summed E-state index contributed by atoms with van der Waals surface area (Å²) in [6, 6.07) is 17.5. The van der Waals surface area contributed by atoms with Crippen LogP contribution in [-0.2, 0) is 5.41 Å². The topological polar surface area (TPSA) is 3.01 Å². The number of benzene rings is 2. The fourth-order valence-electron chi connectivity index (χ4n) is 3.20. The van der Waals surface area contributed by atoms with E-state index >= 15 is 0 Å². The Morgan fingerprint density at radius 1 is 0.950 bits per heavy atom. The molecule has 0 aliphatic carbocycles. The molecule has 1 aliphatic heterocycles. The highest BCUT2D eigenvalue weighted by Gasteiger charge is 2.42. The molecule has 0 saturated heterocycles. The first kappa shape index (κ1) is 13.1. The minimum absolute atomic E-state index is 0.121. The lowest BCUT2D eigenvalue weighted by atomic mass is 9.81. The van der Waals surface area contributed by atoms with Crippen molar-refractivity contribution >= 4 is 11.4 Å². The second-order valence-electron chi connectivity index (χ2n) is 6.05. The van der Waals surface area contributed by atoms with Crippen molar-refractivity contribution in [1.29, 1.82) is 0 Å². The van der Waals surface area contributed by atoms with Gasteiger partial charge in [0, 0.05) is 18.6 Å². The first-order valence-electron chi connectivity index (χ1n) is 7.37. The highest BCUT2D eigenvalue weighted by atomic mass is 15.0. The zero-order chi connectivity index (χ0) is 14.3. The van der Waals surface area contributed by atoms with E-state index in [2.05, 4.69) is 80.8 Å². The van der Waals surface area contributed by atoms with Crippen LogP contribution in [0.3, 0.4) is 0 Å². The Balaban J connectivity index is 2.16. The van der Waals surface area contributed by atoms with Gasteiger partial charge in [-0.15, -0.1) is 0 Å². The molecule has 0 atom stereocenters. The Hall–Kier alpha value is -1.89. The summed E-state index contributed by atoms with van der Waals surface area (Å²) < 4.78 is 2.43. The lowest BCUT2D eigenvalue weighted by Crippen LogP contribution is -2.26. The molecule has 2 aromatic rings. The van der Waals surface area contributed by atoms with Gasteiger partial charge < -0.3 is 0 Å². The average Bonchev–Trinajstić information content (AvgIpc) is 2.67. The minimum atomic E-state index is 0.121. The van der Waals surface area contributed by atoms with Crippen molar-refractivity contribution < 1.29 is 4.58 Å². The number of hydrogen-bond acceptors (Lipinski definition) is 0. The maximum atomic E-state index is 2.43. The summed E-state index contributed by atoms with van der Waals surface area (Å²) in [6.07, 6.45) is 0. The van der Waals surface area contributed by atoms with Crippen LogP contribution in [0.2, 0.25) is 0 Å². The molecule has 1 heterocycles. The van der Waals surface area contributed by atoms with Crippen LogP contribution in [0.25, 0.3) is 11.1 Å². The van der Waals surface area contributed by atoms with Crippen LogP contribution in [0.5, 0.6) is 0 Å². The van der Waals surface area contributed by atoms with Crippen LogP contribution < -0.4 is 0 Å². The van der Waals surface area contributed by atoms with Crippen LogP contribution in [0, 0.1) is 0 Å². The van der Waals surface area contributed by atoms with Crippen molar-refractivity contribution in [3.05, 3.63) is 54.1 Å². The molecule has 0 spiro atoms. The fourth-order valence-corrected chi connectivity index (χ4v) is 3.20. The monoisotopic (exact) mass is 264 g/mol. The molecule has 0 aromatic heterocycles. The Labute approximate surface area is 121 Å². The molecule has 0 saturated carbocycles. The van der Waals surface area contributed by atoms with Crippen molar-refractivity contribution in [2.45, 2.75) is 33.1 Å². The van der Waals surface area contributed by atoms with Crippen LogP contribution in [-0.4, -0.2) is 16.8 Å². The van der Waals surface area contributed by atoms with Crippen molar-refractivity contribution in [2.24, 2.45) is 0 Å². The van der Waals surface area contributed by atoms with Gasteiger partial charge in [0.2, 0.25) is 5.69 Å². The molecule has 102 valence electrons. The van der Waals surface area contributed by atoms with Crippen molar-refractivity contribution in [3.8, 4) is 11.1 Å². The number of nitrogens with zero attached hydrogens (tertiary/aromatic N) is 1. The molecule has 1 aliphatic rings. The van der Waals surface area contributed by atoms with E-state index in [1.807, 2.05) is 0 Å². The highest BCUT2D eigenvalue weighted by Crippen LogP contribution is 2.41. The fraction of sp³-hybridized carbons (Fsp3) is 0.316. The zero-order valence-corrected chi connectivity index (χ0v) is 12.8. The quantitative estimate of drug-likeness (QED) is 0.687. The van der Waals surface area contributed by atoms with E-state index in [4.69, 9.17) is 0 Å². The van der Waals surface area contributed by atoms with Crippen molar-refractivity contribution in [1.82, 2.24) is 0 Å². The highest BCUT2D eigenvalue weighted by molar-refractivity contribution is 5.94. The van der Waals surface area contributed by atoms with Gasteiger partial charge in [-0.3, -0.25) is 0 Å². The number of rotatable bonds is 2. The summed E-state index contributed by atoms with van der Waals surface area (Å²) in [5, 5.41) is 0. The predicted molar refractivity (Wildman–Crippen MR) is 86.0 cm³/mol. The third-order valence-electron chi connectivity index (χ3n) is 4.69. The summed E-state index contributed by atoms with van der Waals surface area (Å²) in [5.41, 5.74) is 6.98. The van der Waals surface area contributed by atoms with Crippen LogP contribution in [0.4, 0.5) is 5.69 Å². The van der Waals surface area contributed by atoms with E-state index in [1.54, 1.807) is 0 Å². The van der Waals surface area contributed by atoms with Gasteiger partial charge in [0.1, 0.15) is 6.54 Å². The first-order chi connectivity index (χ1) is 9.55. The third-order valence-corrected chi connectivity index (χ3v) is 4.69. The second-order valence-corrected chi connectivity index (χ2v) is 6.05. The van der Waals surface area contributed by atoms with Gasteiger partial charge in [0.05, 0.1) is 5.41 Å². The first-order valence-corrected chi connectivity index (χ1v) is 7.37. The maximum absolute atomic E-state index is 2.43.